The molecule has 1 fully saturated rings. The van der Waals surface area contributed by atoms with Crippen LogP contribution in [0, 0.1) is 13.8 Å². The van der Waals surface area contributed by atoms with E-state index in [-0.39, 0.29) is 11.8 Å². The lowest BCUT2D eigenvalue weighted by atomic mass is 9.94. The fourth-order valence-electron chi connectivity index (χ4n) is 3.77. The summed E-state index contributed by atoms with van der Waals surface area (Å²) in [6.07, 6.45) is 7.09. The molecule has 1 aliphatic heterocycles. The van der Waals surface area contributed by atoms with Crippen LogP contribution in [0.4, 0.5) is 0 Å². The molecule has 0 radical (unpaired) electrons. The van der Waals surface area contributed by atoms with Crippen molar-refractivity contribution in [3.8, 4) is 11.6 Å². The standard InChI is InChI=1S/C22H25N5O2/c1-15-7-4-5-9-20(15)29-21-12-23-11-19(24-21)17-8-6-10-27(13-17)22(28)18-14-26(3)25-16(18)2/h4-5,7,9,11-12,14,17H,6,8,10,13H2,1-3H3/t17-/m1/s1. The van der Waals surface area contributed by atoms with E-state index in [4.69, 9.17) is 4.74 Å². The van der Waals surface area contributed by atoms with E-state index in [2.05, 4.69) is 15.1 Å². The number of rotatable bonds is 4. The van der Waals surface area contributed by atoms with Crippen LogP contribution < -0.4 is 4.74 Å². The summed E-state index contributed by atoms with van der Waals surface area (Å²) in [5.41, 5.74) is 3.32. The molecule has 0 aliphatic carbocycles. The van der Waals surface area contributed by atoms with Gasteiger partial charge in [-0.15, -0.1) is 0 Å². The number of carbonyl (C=O) groups excluding carboxylic acids is 1. The third-order valence-corrected chi connectivity index (χ3v) is 5.31. The average molecular weight is 391 g/mol. The Morgan fingerprint density at radius 1 is 1.21 bits per heavy atom. The van der Waals surface area contributed by atoms with Gasteiger partial charge in [0.15, 0.2) is 0 Å². The van der Waals surface area contributed by atoms with Crippen LogP contribution in [0.15, 0.2) is 42.9 Å². The highest BCUT2D eigenvalue weighted by Crippen LogP contribution is 2.29. The summed E-state index contributed by atoms with van der Waals surface area (Å²) < 4.78 is 7.62. The van der Waals surface area contributed by atoms with Crippen molar-refractivity contribution < 1.29 is 9.53 Å². The van der Waals surface area contributed by atoms with Crippen LogP contribution in [0.5, 0.6) is 11.6 Å². The van der Waals surface area contributed by atoms with E-state index in [1.165, 1.54) is 0 Å². The molecule has 29 heavy (non-hydrogen) atoms. The summed E-state index contributed by atoms with van der Waals surface area (Å²) in [5.74, 6) is 1.41. The molecule has 0 spiro atoms. The smallest absolute Gasteiger partial charge is 0.257 e. The first kappa shape index (κ1) is 19.1. The number of piperidine rings is 1. The molecule has 7 nitrogen and oxygen atoms in total. The summed E-state index contributed by atoms with van der Waals surface area (Å²) in [6, 6.07) is 7.82. The van der Waals surface area contributed by atoms with Crippen LogP contribution in [-0.4, -0.2) is 43.6 Å². The largest absolute Gasteiger partial charge is 0.437 e. The molecule has 3 heterocycles. The summed E-state index contributed by atoms with van der Waals surface area (Å²) in [5, 5.41) is 4.29. The van der Waals surface area contributed by atoms with Crippen LogP contribution in [0.3, 0.4) is 0 Å². The highest BCUT2D eigenvalue weighted by atomic mass is 16.5. The average Bonchev–Trinajstić information content (AvgIpc) is 3.07. The van der Waals surface area contributed by atoms with Gasteiger partial charge in [-0.3, -0.25) is 14.5 Å². The topological polar surface area (TPSA) is 73.1 Å². The number of likely N-dealkylation sites (tertiary alicyclic amines) is 1. The molecule has 4 rings (SSSR count). The highest BCUT2D eigenvalue weighted by molar-refractivity contribution is 5.95. The fraction of sp³-hybridized carbons (Fsp3) is 0.364. The number of ether oxygens (including phenoxy) is 1. The number of amides is 1. The number of para-hydroxylation sites is 1. The van der Waals surface area contributed by atoms with E-state index < -0.39 is 0 Å². The van der Waals surface area contributed by atoms with Crippen molar-refractivity contribution in [3.05, 3.63) is 65.4 Å². The van der Waals surface area contributed by atoms with Gasteiger partial charge >= 0.3 is 0 Å². The van der Waals surface area contributed by atoms with Gasteiger partial charge in [-0.2, -0.15) is 5.10 Å². The van der Waals surface area contributed by atoms with Crippen LogP contribution in [0.25, 0.3) is 0 Å². The van der Waals surface area contributed by atoms with Crippen molar-refractivity contribution in [1.82, 2.24) is 24.6 Å². The molecule has 0 bridgehead atoms. The Morgan fingerprint density at radius 3 is 2.79 bits per heavy atom. The third kappa shape index (κ3) is 4.13. The van der Waals surface area contributed by atoms with Crippen LogP contribution >= 0.6 is 0 Å². The molecule has 0 N–H and O–H groups in total. The summed E-state index contributed by atoms with van der Waals surface area (Å²) in [7, 11) is 1.83. The molecule has 1 aliphatic rings. The second-order valence-electron chi connectivity index (χ2n) is 7.54. The van der Waals surface area contributed by atoms with Gasteiger partial charge in [-0.25, -0.2) is 4.98 Å². The molecule has 1 aromatic carbocycles. The molecular weight excluding hydrogens is 366 g/mol. The van der Waals surface area contributed by atoms with Gasteiger partial charge in [0.05, 0.1) is 23.1 Å². The molecule has 3 aromatic rings. The van der Waals surface area contributed by atoms with Gasteiger partial charge in [0.1, 0.15) is 5.75 Å². The van der Waals surface area contributed by atoms with E-state index in [1.54, 1.807) is 23.3 Å². The molecule has 0 unspecified atom stereocenters. The predicted octanol–water partition coefficient (Wildman–Crippen LogP) is 3.64. The van der Waals surface area contributed by atoms with E-state index in [9.17, 15) is 4.79 Å². The fourth-order valence-corrected chi connectivity index (χ4v) is 3.77. The lowest BCUT2D eigenvalue weighted by Gasteiger charge is -2.32. The quantitative estimate of drug-likeness (QED) is 0.679. The van der Waals surface area contributed by atoms with Crippen LogP contribution in [0.2, 0.25) is 0 Å². The molecule has 150 valence electrons. The monoisotopic (exact) mass is 391 g/mol. The Hall–Kier alpha value is -3.22. The van der Waals surface area contributed by atoms with E-state index in [0.29, 0.717) is 18.0 Å². The molecule has 0 saturated carbocycles. The maximum atomic E-state index is 13.0. The Kier molecular flexibility index (Phi) is 5.29. The van der Waals surface area contributed by atoms with Gasteiger partial charge in [0.25, 0.3) is 5.91 Å². The number of hydrogen-bond acceptors (Lipinski definition) is 5. The maximum Gasteiger partial charge on any atom is 0.257 e. The summed E-state index contributed by atoms with van der Waals surface area (Å²) in [6.45, 7) is 5.23. The zero-order valence-electron chi connectivity index (χ0n) is 17.0. The number of hydrogen-bond donors (Lipinski definition) is 0. The molecular formula is C22H25N5O2. The SMILES string of the molecule is Cc1ccccc1Oc1cncc([C@@H]2CCCN(C(=O)c3cn(C)nc3C)C2)n1. The van der Waals surface area contributed by atoms with Gasteiger partial charge in [-0.1, -0.05) is 18.2 Å². The second kappa shape index (κ2) is 8.03. The highest BCUT2D eigenvalue weighted by Gasteiger charge is 2.28. The molecule has 7 heteroatoms. The van der Waals surface area contributed by atoms with Crippen molar-refractivity contribution in [3.63, 3.8) is 0 Å². The lowest BCUT2D eigenvalue weighted by molar-refractivity contribution is 0.0705. The first-order chi connectivity index (χ1) is 14.0. The first-order valence-corrected chi connectivity index (χ1v) is 9.86. The number of aryl methyl sites for hydroxylation is 3. The normalized spacial score (nSPS) is 16.7. The molecule has 1 atom stereocenters. The number of nitrogens with zero attached hydrogens (tertiary/aromatic N) is 5. The van der Waals surface area contributed by atoms with Crippen molar-refractivity contribution in [2.75, 3.05) is 13.1 Å². The summed E-state index contributed by atoms with van der Waals surface area (Å²) in [4.78, 5) is 23.9. The van der Waals surface area contributed by atoms with Gasteiger partial charge < -0.3 is 9.64 Å². The number of benzene rings is 1. The minimum absolute atomic E-state index is 0.0283. The van der Waals surface area contributed by atoms with Crippen molar-refractivity contribution >= 4 is 5.91 Å². The minimum atomic E-state index is 0.0283. The number of carbonyl (C=O) groups is 1. The van der Waals surface area contributed by atoms with E-state index in [0.717, 1.165) is 42.1 Å². The molecule has 1 saturated heterocycles. The number of aromatic nitrogens is 4. The minimum Gasteiger partial charge on any atom is -0.437 e. The Balaban J connectivity index is 1.50. The lowest BCUT2D eigenvalue weighted by Crippen LogP contribution is -2.39. The zero-order chi connectivity index (χ0) is 20.4. The van der Waals surface area contributed by atoms with Gasteiger partial charge in [0.2, 0.25) is 5.88 Å². The van der Waals surface area contributed by atoms with Gasteiger partial charge in [0, 0.05) is 38.4 Å². The zero-order valence-corrected chi connectivity index (χ0v) is 17.0. The predicted molar refractivity (Wildman–Crippen MR) is 109 cm³/mol. The molecule has 2 aromatic heterocycles. The Bertz CT molecular complexity index is 1030. The summed E-state index contributed by atoms with van der Waals surface area (Å²) >= 11 is 0. The van der Waals surface area contributed by atoms with Crippen LogP contribution in [-0.2, 0) is 7.05 Å². The van der Waals surface area contributed by atoms with Crippen molar-refractivity contribution in [1.29, 1.82) is 0 Å². The first-order valence-electron chi connectivity index (χ1n) is 9.86. The Labute approximate surface area is 170 Å². The van der Waals surface area contributed by atoms with Crippen molar-refractivity contribution in [2.24, 2.45) is 7.05 Å². The van der Waals surface area contributed by atoms with E-state index >= 15 is 0 Å². The van der Waals surface area contributed by atoms with Gasteiger partial charge in [-0.05, 0) is 38.3 Å². The van der Waals surface area contributed by atoms with E-state index in [1.807, 2.05) is 50.1 Å². The van der Waals surface area contributed by atoms with Crippen molar-refractivity contribution in [2.45, 2.75) is 32.6 Å². The Morgan fingerprint density at radius 2 is 2.03 bits per heavy atom. The maximum absolute atomic E-state index is 13.0. The second-order valence-corrected chi connectivity index (χ2v) is 7.54. The molecule has 1 amide bonds. The third-order valence-electron chi connectivity index (χ3n) is 5.31. The van der Waals surface area contributed by atoms with Crippen LogP contribution in [0.1, 0.15) is 46.1 Å².